The number of benzene rings is 1. The van der Waals surface area contributed by atoms with E-state index in [4.69, 9.17) is 4.74 Å². The van der Waals surface area contributed by atoms with Crippen molar-refractivity contribution in [2.24, 2.45) is 0 Å². The number of rotatable bonds is 2. The van der Waals surface area contributed by atoms with Crippen molar-refractivity contribution in [3.8, 4) is 5.75 Å². The van der Waals surface area contributed by atoms with Crippen molar-refractivity contribution in [3.63, 3.8) is 0 Å². The summed E-state index contributed by atoms with van der Waals surface area (Å²) in [5, 5.41) is 4.32. The molecule has 3 rings (SSSR count). The quantitative estimate of drug-likeness (QED) is 0.807. The molecule has 1 aromatic heterocycles. The summed E-state index contributed by atoms with van der Waals surface area (Å²) in [4.78, 5) is 0. The van der Waals surface area contributed by atoms with Gasteiger partial charge in [0, 0.05) is 0 Å². The highest BCUT2D eigenvalue weighted by atomic mass is 79.9. The van der Waals surface area contributed by atoms with Gasteiger partial charge >= 0.3 is 0 Å². The lowest BCUT2D eigenvalue weighted by molar-refractivity contribution is 0.321. The van der Waals surface area contributed by atoms with Crippen LogP contribution in [-0.2, 0) is 0 Å². The Balaban J connectivity index is 2.16. The van der Waals surface area contributed by atoms with Crippen molar-refractivity contribution in [3.05, 3.63) is 28.7 Å². The molecule has 0 spiro atoms. The maximum Gasteiger partial charge on any atom is 0.219 e. The molecule has 0 unspecified atom stereocenters. The Morgan fingerprint density at radius 3 is 2.70 bits per heavy atom. The molecule has 1 heterocycles. The van der Waals surface area contributed by atoms with Gasteiger partial charge in [-0.25, -0.2) is 9.07 Å². The second kappa shape index (κ2) is 5.31. The Morgan fingerprint density at radius 2 is 2.05 bits per heavy atom. The maximum atomic E-state index is 14.5. The second-order valence-corrected chi connectivity index (χ2v) is 5.79. The van der Waals surface area contributed by atoms with Crippen LogP contribution in [0.3, 0.4) is 0 Å². The molecule has 1 fully saturated rings. The molecule has 1 aliphatic carbocycles. The summed E-state index contributed by atoms with van der Waals surface area (Å²) in [6.07, 6.45) is 5.75. The van der Waals surface area contributed by atoms with Crippen LogP contribution < -0.4 is 4.74 Å². The van der Waals surface area contributed by atoms with Crippen molar-refractivity contribution in [1.29, 1.82) is 0 Å². The first-order valence-electron chi connectivity index (χ1n) is 6.55. The highest BCUT2D eigenvalue weighted by Crippen LogP contribution is 2.37. The zero-order valence-electron chi connectivity index (χ0n) is 11.0. The number of hydrogen-bond donors (Lipinski definition) is 0. The van der Waals surface area contributed by atoms with E-state index < -0.39 is 11.8 Å². The molecule has 107 valence electrons. The monoisotopic (exact) mass is 343 g/mol. The molecule has 0 N–H and O–H groups in total. The first-order chi connectivity index (χ1) is 9.63. The van der Waals surface area contributed by atoms with Crippen LogP contribution in [0.25, 0.3) is 10.9 Å². The second-order valence-electron chi connectivity index (χ2n) is 4.93. The minimum Gasteiger partial charge on any atom is -0.492 e. The fourth-order valence-electron chi connectivity index (χ4n) is 2.70. The fourth-order valence-corrected chi connectivity index (χ4v) is 3.27. The summed E-state index contributed by atoms with van der Waals surface area (Å²) in [6, 6.07) is 1.52. The van der Waals surface area contributed by atoms with E-state index in [1.165, 1.54) is 17.9 Å². The minimum absolute atomic E-state index is 0.00318. The lowest BCUT2D eigenvalue weighted by Crippen LogP contribution is -2.16. The summed E-state index contributed by atoms with van der Waals surface area (Å²) in [7, 11) is 1.37. The van der Waals surface area contributed by atoms with Crippen LogP contribution in [-0.4, -0.2) is 16.9 Å². The van der Waals surface area contributed by atoms with E-state index >= 15 is 0 Å². The lowest BCUT2D eigenvalue weighted by atomic mass is 9.96. The number of aromatic nitrogens is 2. The largest absolute Gasteiger partial charge is 0.492 e. The standard InChI is InChI=1S/C14H14BrF2N2O/c1-20-13-10(15)7-9-12(11(13)16)18-19(14(9)17)8-5-3-2-4-6-8/h2,7-8H,3-6H2,1H3. The van der Waals surface area contributed by atoms with Crippen molar-refractivity contribution in [2.75, 3.05) is 7.11 Å². The van der Waals surface area contributed by atoms with Crippen LogP contribution in [0.15, 0.2) is 10.5 Å². The zero-order valence-corrected chi connectivity index (χ0v) is 12.6. The van der Waals surface area contributed by atoms with E-state index in [-0.39, 0.29) is 22.7 Å². The van der Waals surface area contributed by atoms with Gasteiger partial charge < -0.3 is 4.74 Å². The fraction of sp³-hybridized carbons (Fsp3) is 0.429. The van der Waals surface area contributed by atoms with Crippen LogP contribution >= 0.6 is 15.9 Å². The average molecular weight is 344 g/mol. The first kappa shape index (κ1) is 13.8. The van der Waals surface area contributed by atoms with Crippen molar-refractivity contribution in [2.45, 2.75) is 31.7 Å². The van der Waals surface area contributed by atoms with E-state index in [2.05, 4.69) is 27.4 Å². The molecule has 20 heavy (non-hydrogen) atoms. The van der Waals surface area contributed by atoms with Gasteiger partial charge in [-0.3, -0.25) is 0 Å². The van der Waals surface area contributed by atoms with Gasteiger partial charge in [0.05, 0.1) is 23.0 Å². The molecule has 3 nitrogen and oxygen atoms in total. The third-order valence-corrected chi connectivity index (χ3v) is 4.33. The number of halogens is 3. The Bertz CT molecular complexity index is 650. The summed E-state index contributed by atoms with van der Waals surface area (Å²) in [5.74, 6) is -1.05. The van der Waals surface area contributed by atoms with Crippen LogP contribution in [0, 0.1) is 18.2 Å². The highest BCUT2D eigenvalue weighted by molar-refractivity contribution is 9.10. The van der Waals surface area contributed by atoms with E-state index in [9.17, 15) is 8.78 Å². The third kappa shape index (κ3) is 2.10. The normalized spacial score (nSPS) is 16.8. The molecule has 1 radical (unpaired) electrons. The lowest BCUT2D eigenvalue weighted by Gasteiger charge is -2.21. The molecule has 1 aromatic carbocycles. The predicted molar refractivity (Wildman–Crippen MR) is 75.7 cm³/mol. The smallest absolute Gasteiger partial charge is 0.219 e. The van der Waals surface area contributed by atoms with Gasteiger partial charge in [-0.2, -0.15) is 9.49 Å². The SMILES string of the molecule is COc1c(Br)cc2c(F)n(C3CC[CH]CC3)nc2c1F. The van der Waals surface area contributed by atoms with Crippen LogP contribution in [0.1, 0.15) is 31.7 Å². The van der Waals surface area contributed by atoms with E-state index in [1.54, 1.807) is 0 Å². The number of nitrogens with zero attached hydrogens (tertiary/aromatic N) is 2. The van der Waals surface area contributed by atoms with Gasteiger partial charge in [-0.1, -0.05) is 0 Å². The van der Waals surface area contributed by atoms with Gasteiger partial charge in [0.2, 0.25) is 5.95 Å². The van der Waals surface area contributed by atoms with Crippen LogP contribution in [0.4, 0.5) is 8.78 Å². The van der Waals surface area contributed by atoms with E-state index in [0.29, 0.717) is 4.47 Å². The predicted octanol–water partition coefficient (Wildman–Crippen LogP) is 4.40. The molecule has 1 aliphatic rings. The number of hydrogen-bond acceptors (Lipinski definition) is 2. The topological polar surface area (TPSA) is 27.1 Å². The van der Waals surface area contributed by atoms with Crippen molar-refractivity contribution in [1.82, 2.24) is 9.78 Å². The Kier molecular flexibility index (Phi) is 3.67. The van der Waals surface area contributed by atoms with Gasteiger partial charge in [0.25, 0.3) is 0 Å². The summed E-state index contributed by atoms with van der Waals surface area (Å²) in [6.45, 7) is 0. The van der Waals surface area contributed by atoms with Gasteiger partial charge in [-0.15, -0.1) is 0 Å². The van der Waals surface area contributed by atoms with Gasteiger partial charge in [-0.05, 0) is 54.1 Å². The summed E-state index contributed by atoms with van der Waals surface area (Å²) < 4.78 is 35.5. The van der Waals surface area contributed by atoms with E-state index in [1.807, 2.05) is 0 Å². The molecule has 1 saturated carbocycles. The average Bonchev–Trinajstić information content (AvgIpc) is 2.78. The molecule has 0 amide bonds. The molecular formula is C14H14BrF2N2O. The zero-order chi connectivity index (χ0) is 14.3. The Hall–Kier alpha value is -1.17. The third-order valence-electron chi connectivity index (χ3n) is 3.74. The molecule has 0 bridgehead atoms. The van der Waals surface area contributed by atoms with E-state index in [0.717, 1.165) is 25.7 Å². The summed E-state index contributed by atoms with van der Waals surface area (Å²) in [5.41, 5.74) is 0.0251. The van der Waals surface area contributed by atoms with Crippen molar-refractivity contribution < 1.29 is 13.5 Å². The highest BCUT2D eigenvalue weighted by Gasteiger charge is 2.25. The molecule has 6 heteroatoms. The Morgan fingerprint density at radius 1 is 1.35 bits per heavy atom. The molecule has 0 atom stereocenters. The Labute approximate surface area is 124 Å². The molecule has 2 aromatic rings. The molecule has 0 aliphatic heterocycles. The van der Waals surface area contributed by atoms with Gasteiger partial charge in [0.1, 0.15) is 5.52 Å². The minimum atomic E-state index is -0.628. The number of ether oxygens (including phenoxy) is 1. The summed E-state index contributed by atoms with van der Waals surface area (Å²) >= 11 is 3.19. The van der Waals surface area contributed by atoms with Crippen LogP contribution in [0.2, 0.25) is 0 Å². The maximum absolute atomic E-state index is 14.5. The van der Waals surface area contributed by atoms with Gasteiger partial charge in [0.15, 0.2) is 11.6 Å². The number of fused-ring (bicyclic) bond motifs is 1. The van der Waals surface area contributed by atoms with Crippen LogP contribution in [0.5, 0.6) is 5.75 Å². The van der Waals surface area contributed by atoms with Crippen molar-refractivity contribution >= 4 is 26.8 Å². The number of methoxy groups -OCH3 is 1. The molecule has 0 saturated heterocycles. The first-order valence-corrected chi connectivity index (χ1v) is 7.34. The molecular weight excluding hydrogens is 330 g/mol.